The van der Waals surface area contributed by atoms with Crippen LogP contribution in [0.2, 0.25) is 5.02 Å². The Morgan fingerprint density at radius 3 is 2.17 bits per heavy atom. The molecule has 0 atom stereocenters. The molecule has 0 saturated heterocycles. The Hall–Kier alpha value is -2.72. The Morgan fingerprint density at radius 1 is 0.875 bits per heavy atom. The number of nitrogens with zero attached hydrogens (tertiary/aromatic N) is 1. The summed E-state index contributed by atoms with van der Waals surface area (Å²) in [7, 11) is 1.61. The van der Waals surface area contributed by atoms with Crippen LogP contribution in [0.5, 0.6) is 17.2 Å². The van der Waals surface area contributed by atoms with Gasteiger partial charge in [-0.05, 0) is 48.0 Å². The lowest BCUT2D eigenvalue weighted by Crippen LogP contribution is -2.18. The Kier molecular flexibility index (Phi) is 4.87. The first-order valence-electron chi connectivity index (χ1n) is 7.41. The predicted molar refractivity (Wildman–Crippen MR) is 94.3 cm³/mol. The van der Waals surface area contributed by atoms with Crippen LogP contribution in [0, 0.1) is 0 Å². The van der Waals surface area contributed by atoms with Crippen molar-refractivity contribution in [2.75, 3.05) is 7.11 Å². The van der Waals surface area contributed by atoms with Crippen molar-refractivity contribution < 1.29 is 9.47 Å². The molecule has 1 aromatic heterocycles. The summed E-state index contributed by atoms with van der Waals surface area (Å²) in [5, 5.41) is 0.669. The van der Waals surface area contributed by atoms with Gasteiger partial charge in [0, 0.05) is 11.1 Å². The van der Waals surface area contributed by atoms with E-state index in [-0.39, 0.29) is 5.56 Å². The third-order valence-corrected chi connectivity index (χ3v) is 3.77. The number of rotatable bonds is 5. The van der Waals surface area contributed by atoms with Gasteiger partial charge in [0.1, 0.15) is 17.2 Å². The summed E-state index contributed by atoms with van der Waals surface area (Å²) < 4.78 is 12.5. The minimum absolute atomic E-state index is 0.0907. The number of methoxy groups -OCH3 is 1. The fourth-order valence-electron chi connectivity index (χ4n) is 2.26. The number of pyridine rings is 1. The maximum atomic E-state index is 12.0. The van der Waals surface area contributed by atoms with E-state index in [2.05, 4.69) is 0 Å². The van der Waals surface area contributed by atoms with Crippen molar-refractivity contribution in [1.29, 1.82) is 0 Å². The van der Waals surface area contributed by atoms with Crippen LogP contribution in [0.3, 0.4) is 0 Å². The first kappa shape index (κ1) is 16.1. The van der Waals surface area contributed by atoms with Crippen LogP contribution in [0.15, 0.2) is 71.7 Å². The van der Waals surface area contributed by atoms with Gasteiger partial charge in [0.25, 0.3) is 5.56 Å². The molecule has 0 fully saturated rings. The average molecular weight is 342 g/mol. The van der Waals surface area contributed by atoms with E-state index in [4.69, 9.17) is 21.1 Å². The minimum Gasteiger partial charge on any atom is -0.497 e. The Morgan fingerprint density at radius 2 is 1.50 bits per heavy atom. The van der Waals surface area contributed by atoms with Gasteiger partial charge < -0.3 is 14.0 Å². The van der Waals surface area contributed by atoms with Crippen LogP contribution in [0.1, 0.15) is 5.56 Å². The maximum Gasteiger partial charge on any atom is 0.251 e. The smallest absolute Gasteiger partial charge is 0.251 e. The highest BCUT2D eigenvalue weighted by Gasteiger charge is 2.03. The Labute approximate surface area is 144 Å². The molecule has 122 valence electrons. The van der Waals surface area contributed by atoms with E-state index in [9.17, 15) is 4.79 Å². The number of benzene rings is 2. The fraction of sp³-hybridized carbons (Fsp3) is 0.105. The zero-order valence-electron chi connectivity index (χ0n) is 13.1. The summed E-state index contributed by atoms with van der Waals surface area (Å²) in [6, 6.07) is 17.8. The van der Waals surface area contributed by atoms with Crippen LogP contribution in [0.25, 0.3) is 0 Å². The molecule has 1 heterocycles. The second-order valence-corrected chi connectivity index (χ2v) is 5.67. The number of hydrogen-bond acceptors (Lipinski definition) is 3. The zero-order valence-corrected chi connectivity index (χ0v) is 13.9. The summed E-state index contributed by atoms with van der Waals surface area (Å²) in [5.41, 5.74) is 0.898. The molecule has 0 saturated carbocycles. The summed E-state index contributed by atoms with van der Waals surface area (Å²) in [5.74, 6) is 2.02. The number of ether oxygens (including phenoxy) is 2. The molecule has 3 rings (SSSR count). The average Bonchev–Trinajstić information content (AvgIpc) is 2.60. The van der Waals surface area contributed by atoms with E-state index >= 15 is 0 Å². The summed E-state index contributed by atoms with van der Waals surface area (Å²) in [6.45, 7) is 0.454. The van der Waals surface area contributed by atoms with Gasteiger partial charge in [0.2, 0.25) is 0 Å². The topological polar surface area (TPSA) is 40.5 Å². The maximum absolute atomic E-state index is 12.0. The lowest BCUT2D eigenvalue weighted by molar-refractivity contribution is 0.412. The van der Waals surface area contributed by atoms with Gasteiger partial charge >= 0.3 is 0 Å². The molecule has 4 nitrogen and oxygen atoms in total. The van der Waals surface area contributed by atoms with Crippen molar-refractivity contribution in [3.63, 3.8) is 0 Å². The molecule has 24 heavy (non-hydrogen) atoms. The van der Waals surface area contributed by atoms with Crippen LogP contribution in [-0.4, -0.2) is 11.7 Å². The second kappa shape index (κ2) is 7.23. The molecule has 0 spiro atoms. The highest BCUT2D eigenvalue weighted by Crippen LogP contribution is 2.23. The lowest BCUT2D eigenvalue weighted by atomic mass is 10.2. The fourth-order valence-corrected chi connectivity index (χ4v) is 2.39. The molecular weight excluding hydrogens is 326 g/mol. The molecule has 3 aromatic rings. The van der Waals surface area contributed by atoms with E-state index in [1.807, 2.05) is 36.4 Å². The van der Waals surface area contributed by atoms with Crippen LogP contribution < -0.4 is 15.0 Å². The molecule has 5 heteroatoms. The zero-order chi connectivity index (χ0) is 16.9. The highest BCUT2D eigenvalue weighted by atomic mass is 35.5. The molecule has 0 amide bonds. The van der Waals surface area contributed by atoms with Crippen LogP contribution >= 0.6 is 11.6 Å². The third kappa shape index (κ3) is 3.97. The van der Waals surface area contributed by atoms with Gasteiger partial charge in [-0.25, -0.2) is 0 Å². The molecule has 0 radical (unpaired) electrons. The van der Waals surface area contributed by atoms with Crippen molar-refractivity contribution in [3.8, 4) is 17.2 Å². The second-order valence-electron chi connectivity index (χ2n) is 5.23. The Balaban J connectivity index is 1.80. The summed E-state index contributed by atoms with van der Waals surface area (Å²) in [6.07, 6.45) is 1.70. The predicted octanol–water partition coefficient (Wildman–Crippen LogP) is 4.35. The number of hydrogen-bond donors (Lipinski definition) is 0. The molecule has 2 aromatic carbocycles. The number of halogens is 1. The van der Waals surface area contributed by atoms with Gasteiger partial charge in [-0.2, -0.15) is 0 Å². The van der Waals surface area contributed by atoms with Crippen LogP contribution in [-0.2, 0) is 6.54 Å². The largest absolute Gasteiger partial charge is 0.497 e. The van der Waals surface area contributed by atoms with E-state index in [0.717, 1.165) is 11.3 Å². The van der Waals surface area contributed by atoms with E-state index in [0.29, 0.717) is 23.1 Å². The lowest BCUT2D eigenvalue weighted by Gasteiger charge is -2.10. The first-order chi connectivity index (χ1) is 11.6. The van der Waals surface area contributed by atoms with E-state index in [1.165, 1.54) is 6.07 Å². The van der Waals surface area contributed by atoms with Crippen molar-refractivity contribution in [2.45, 2.75) is 6.54 Å². The van der Waals surface area contributed by atoms with Crippen molar-refractivity contribution in [3.05, 3.63) is 87.8 Å². The molecule has 0 bridgehead atoms. The van der Waals surface area contributed by atoms with Gasteiger partial charge in [0.05, 0.1) is 19.9 Å². The van der Waals surface area contributed by atoms with Crippen molar-refractivity contribution in [2.24, 2.45) is 0 Å². The van der Waals surface area contributed by atoms with E-state index in [1.54, 1.807) is 36.1 Å². The monoisotopic (exact) mass is 341 g/mol. The first-order valence-corrected chi connectivity index (χ1v) is 7.79. The molecule has 0 aliphatic heterocycles. The van der Waals surface area contributed by atoms with Crippen molar-refractivity contribution >= 4 is 11.6 Å². The van der Waals surface area contributed by atoms with E-state index < -0.39 is 0 Å². The third-order valence-electron chi connectivity index (χ3n) is 3.52. The molecular formula is C19H16ClNO3. The normalized spacial score (nSPS) is 10.4. The van der Waals surface area contributed by atoms with Gasteiger partial charge in [0.15, 0.2) is 0 Å². The van der Waals surface area contributed by atoms with Crippen LogP contribution in [0.4, 0.5) is 0 Å². The molecule has 0 unspecified atom stereocenters. The Bertz CT molecular complexity index is 870. The molecule has 0 aliphatic carbocycles. The molecule has 0 aliphatic rings. The number of aromatic nitrogens is 1. The van der Waals surface area contributed by atoms with Gasteiger partial charge in [-0.1, -0.05) is 23.7 Å². The van der Waals surface area contributed by atoms with Gasteiger partial charge in [-0.3, -0.25) is 4.79 Å². The highest BCUT2D eigenvalue weighted by molar-refractivity contribution is 6.30. The standard InChI is InChI=1S/C19H16ClNO3/c1-23-16-6-8-17(9-7-16)24-18-10-11-19(22)21(13-18)12-14-2-4-15(20)5-3-14/h2-11,13H,12H2,1H3. The van der Waals surface area contributed by atoms with Crippen molar-refractivity contribution in [1.82, 2.24) is 4.57 Å². The SMILES string of the molecule is COc1ccc(Oc2ccc(=O)n(Cc3ccc(Cl)cc3)c2)cc1. The van der Waals surface area contributed by atoms with Gasteiger partial charge in [-0.15, -0.1) is 0 Å². The molecule has 0 N–H and O–H groups in total. The quantitative estimate of drug-likeness (QED) is 0.692. The minimum atomic E-state index is -0.0907. The summed E-state index contributed by atoms with van der Waals surface area (Å²) in [4.78, 5) is 12.0. The summed E-state index contributed by atoms with van der Waals surface area (Å²) >= 11 is 5.89.